The van der Waals surface area contributed by atoms with Crippen molar-refractivity contribution >= 4 is 46.5 Å². The first kappa shape index (κ1) is 26.2. The van der Waals surface area contributed by atoms with Crippen LogP contribution in [0.2, 0.25) is 5.02 Å². The highest BCUT2D eigenvalue weighted by Crippen LogP contribution is 2.33. The van der Waals surface area contributed by atoms with E-state index >= 15 is 0 Å². The summed E-state index contributed by atoms with van der Waals surface area (Å²) in [4.78, 5) is 43.8. The Balaban J connectivity index is 1.17. The van der Waals surface area contributed by atoms with Crippen LogP contribution in [0.1, 0.15) is 27.0 Å². The molecule has 9 heteroatoms. The van der Waals surface area contributed by atoms with Gasteiger partial charge in [0.2, 0.25) is 0 Å². The molecule has 2 aliphatic heterocycles. The van der Waals surface area contributed by atoms with Crippen LogP contribution < -0.4 is 0 Å². The summed E-state index contributed by atoms with van der Waals surface area (Å²) in [6.45, 7) is 3.71. The summed E-state index contributed by atoms with van der Waals surface area (Å²) in [7, 11) is 0. The molecule has 0 N–H and O–H groups in total. The molecule has 0 spiro atoms. The van der Waals surface area contributed by atoms with Gasteiger partial charge in [-0.25, -0.2) is 4.39 Å². The van der Waals surface area contributed by atoms with Crippen LogP contribution in [0.25, 0.3) is 6.08 Å². The molecule has 38 heavy (non-hydrogen) atoms. The molecule has 6 nitrogen and oxygen atoms in total. The van der Waals surface area contributed by atoms with Crippen molar-refractivity contribution in [3.8, 4) is 0 Å². The number of nitrogens with zero attached hydrogens (tertiary/aromatic N) is 3. The van der Waals surface area contributed by atoms with Crippen molar-refractivity contribution in [3.05, 3.63) is 111 Å². The fourth-order valence-corrected chi connectivity index (χ4v) is 5.43. The number of hydrogen-bond donors (Lipinski definition) is 0. The maximum Gasteiger partial charge on any atom is 0.293 e. The molecule has 2 fully saturated rings. The van der Waals surface area contributed by atoms with Gasteiger partial charge in [0.05, 0.1) is 11.4 Å². The van der Waals surface area contributed by atoms with Gasteiger partial charge >= 0.3 is 0 Å². The van der Waals surface area contributed by atoms with Gasteiger partial charge in [-0.15, -0.1) is 0 Å². The summed E-state index contributed by atoms with van der Waals surface area (Å²) < 4.78 is 13.5. The van der Waals surface area contributed by atoms with E-state index in [-0.39, 0.29) is 12.5 Å². The van der Waals surface area contributed by atoms with Crippen molar-refractivity contribution in [1.82, 2.24) is 14.7 Å². The van der Waals surface area contributed by atoms with Crippen molar-refractivity contribution in [1.29, 1.82) is 0 Å². The van der Waals surface area contributed by atoms with E-state index in [0.29, 0.717) is 34.7 Å². The van der Waals surface area contributed by atoms with Crippen molar-refractivity contribution in [2.45, 2.75) is 13.1 Å². The molecule has 3 amide bonds. The smallest absolute Gasteiger partial charge is 0.293 e. The molecular weight excluding hydrogens is 525 g/mol. The Morgan fingerprint density at radius 3 is 2.29 bits per heavy atom. The van der Waals surface area contributed by atoms with E-state index in [1.54, 1.807) is 42.5 Å². The summed E-state index contributed by atoms with van der Waals surface area (Å²) >= 11 is 6.82. The van der Waals surface area contributed by atoms with Crippen LogP contribution in [0.4, 0.5) is 9.18 Å². The molecule has 2 aliphatic rings. The molecule has 2 saturated heterocycles. The van der Waals surface area contributed by atoms with Crippen molar-refractivity contribution < 1.29 is 18.8 Å². The summed E-state index contributed by atoms with van der Waals surface area (Å²) in [6, 6.07) is 20.7. The molecule has 0 unspecified atom stereocenters. The molecule has 0 saturated carbocycles. The van der Waals surface area contributed by atoms with Crippen LogP contribution in [0.3, 0.4) is 0 Å². The molecule has 2 heterocycles. The van der Waals surface area contributed by atoms with Gasteiger partial charge in [0.15, 0.2) is 0 Å². The number of hydrogen-bond acceptors (Lipinski definition) is 5. The topological polar surface area (TPSA) is 60.9 Å². The predicted octanol–water partition coefficient (Wildman–Crippen LogP) is 5.67. The SMILES string of the molecule is O=C(c1ccc(C=C2SC(=O)N(Cc3cccc(F)c3)C2=O)cc1)N1CCN(Cc2ccc(Cl)cc2)CC1. The van der Waals surface area contributed by atoms with Crippen LogP contribution >= 0.6 is 23.4 Å². The number of imide groups is 1. The maximum atomic E-state index is 13.5. The lowest BCUT2D eigenvalue weighted by Crippen LogP contribution is -2.48. The highest BCUT2D eigenvalue weighted by molar-refractivity contribution is 8.18. The van der Waals surface area contributed by atoms with Crippen LogP contribution in [-0.4, -0.2) is 57.9 Å². The molecule has 3 aromatic carbocycles. The van der Waals surface area contributed by atoms with E-state index in [1.807, 2.05) is 29.2 Å². The Morgan fingerprint density at radius 2 is 1.61 bits per heavy atom. The molecular formula is C29H25ClFN3O3S. The molecule has 0 bridgehead atoms. The number of piperazine rings is 1. The molecule has 0 radical (unpaired) electrons. The maximum absolute atomic E-state index is 13.5. The molecule has 0 aromatic heterocycles. The molecule has 0 atom stereocenters. The number of carbonyl (C=O) groups is 3. The minimum atomic E-state index is -0.417. The monoisotopic (exact) mass is 549 g/mol. The fraction of sp³-hybridized carbons (Fsp3) is 0.207. The number of rotatable bonds is 6. The van der Waals surface area contributed by atoms with Gasteiger partial charge < -0.3 is 4.90 Å². The van der Waals surface area contributed by atoms with Crippen molar-refractivity contribution in [2.75, 3.05) is 26.2 Å². The Kier molecular flexibility index (Phi) is 7.93. The van der Waals surface area contributed by atoms with Crippen molar-refractivity contribution in [3.63, 3.8) is 0 Å². The lowest BCUT2D eigenvalue weighted by molar-refractivity contribution is -0.123. The van der Waals surface area contributed by atoms with E-state index in [0.717, 1.165) is 41.3 Å². The summed E-state index contributed by atoms with van der Waals surface area (Å²) in [5.41, 5.74) is 3.02. The van der Waals surface area contributed by atoms with Gasteiger partial charge in [-0.3, -0.25) is 24.2 Å². The third-order valence-corrected chi connectivity index (χ3v) is 7.70. The van der Waals surface area contributed by atoms with Crippen LogP contribution in [0, 0.1) is 5.82 Å². The quantitative estimate of drug-likeness (QED) is 0.371. The average molecular weight is 550 g/mol. The van der Waals surface area contributed by atoms with Crippen LogP contribution in [0.5, 0.6) is 0 Å². The largest absolute Gasteiger partial charge is 0.336 e. The van der Waals surface area contributed by atoms with Gasteiger partial charge in [-0.05, 0) is 70.9 Å². The zero-order valence-corrected chi connectivity index (χ0v) is 22.1. The second-order valence-electron chi connectivity index (χ2n) is 9.21. The number of carbonyl (C=O) groups excluding carboxylic acids is 3. The van der Waals surface area contributed by atoms with E-state index < -0.39 is 17.0 Å². The third-order valence-electron chi connectivity index (χ3n) is 6.54. The summed E-state index contributed by atoms with van der Waals surface area (Å²) in [5.74, 6) is -0.863. The minimum absolute atomic E-state index is 0.0141. The Morgan fingerprint density at radius 1 is 0.895 bits per heavy atom. The normalized spacial score (nSPS) is 17.5. The molecule has 5 rings (SSSR count). The first-order valence-electron chi connectivity index (χ1n) is 12.2. The zero-order chi connectivity index (χ0) is 26.6. The average Bonchev–Trinajstić information content (AvgIpc) is 3.18. The number of halogens is 2. The van der Waals surface area contributed by atoms with E-state index in [1.165, 1.54) is 17.7 Å². The van der Waals surface area contributed by atoms with Crippen LogP contribution in [-0.2, 0) is 17.9 Å². The molecule has 3 aromatic rings. The minimum Gasteiger partial charge on any atom is -0.336 e. The van der Waals surface area contributed by atoms with Gasteiger partial charge in [-0.2, -0.15) is 0 Å². The molecule has 0 aliphatic carbocycles. The first-order valence-corrected chi connectivity index (χ1v) is 13.4. The summed E-state index contributed by atoms with van der Waals surface area (Å²) in [5, 5.41) is 0.323. The van der Waals surface area contributed by atoms with Gasteiger partial charge in [0, 0.05) is 43.3 Å². The third kappa shape index (κ3) is 6.15. The highest BCUT2D eigenvalue weighted by Gasteiger charge is 2.35. The lowest BCUT2D eigenvalue weighted by Gasteiger charge is -2.34. The standard InChI is InChI=1S/C29H25ClFN3O3S/c30-24-10-6-21(7-11-24)18-32-12-14-33(15-13-32)27(35)23-8-4-20(5-9-23)17-26-28(36)34(29(37)38-26)19-22-2-1-3-25(31)16-22/h1-11,16-17H,12-15,18-19H2. The number of benzene rings is 3. The van der Waals surface area contributed by atoms with E-state index in [9.17, 15) is 18.8 Å². The van der Waals surface area contributed by atoms with Gasteiger partial charge in [0.1, 0.15) is 5.82 Å². The lowest BCUT2D eigenvalue weighted by atomic mass is 10.1. The Bertz CT molecular complexity index is 1390. The van der Waals surface area contributed by atoms with E-state index in [4.69, 9.17) is 11.6 Å². The fourth-order valence-electron chi connectivity index (χ4n) is 4.47. The van der Waals surface area contributed by atoms with E-state index in [2.05, 4.69) is 4.90 Å². The van der Waals surface area contributed by atoms with Crippen molar-refractivity contribution in [2.24, 2.45) is 0 Å². The van der Waals surface area contributed by atoms with Gasteiger partial charge in [0.25, 0.3) is 17.1 Å². The second kappa shape index (κ2) is 11.5. The Hall–Kier alpha value is -3.46. The predicted molar refractivity (Wildman–Crippen MR) is 147 cm³/mol. The number of amides is 3. The highest BCUT2D eigenvalue weighted by atomic mass is 35.5. The zero-order valence-electron chi connectivity index (χ0n) is 20.5. The van der Waals surface area contributed by atoms with Crippen LogP contribution in [0.15, 0.2) is 77.7 Å². The Labute approximate surface area is 229 Å². The second-order valence-corrected chi connectivity index (χ2v) is 10.6. The summed E-state index contributed by atoms with van der Waals surface area (Å²) in [6.07, 6.45) is 1.64. The molecule has 194 valence electrons. The first-order chi connectivity index (χ1) is 18.4. The number of thioether (sulfide) groups is 1. The van der Waals surface area contributed by atoms with Gasteiger partial charge in [-0.1, -0.05) is 48.0 Å².